The number of fused-ring (bicyclic) bond motifs is 1. The smallest absolute Gasteiger partial charge is 0.178 e. The van der Waals surface area contributed by atoms with Crippen molar-refractivity contribution in [3.63, 3.8) is 0 Å². The Balaban J connectivity index is 1.98. The van der Waals surface area contributed by atoms with Gasteiger partial charge in [-0.2, -0.15) is 5.26 Å². The molecule has 98 valence electrons. The molecule has 3 aromatic rings. The third-order valence-corrected chi connectivity index (χ3v) is 3.57. The number of pyridine rings is 1. The number of hydrogen-bond acceptors (Lipinski definition) is 3. The summed E-state index contributed by atoms with van der Waals surface area (Å²) >= 11 is 5.35. The predicted octanol–water partition coefficient (Wildman–Crippen LogP) is 3.21. The maximum Gasteiger partial charge on any atom is 0.178 e. The number of nitriles is 1. The highest BCUT2D eigenvalue weighted by atomic mass is 32.1. The molecule has 0 amide bonds. The lowest BCUT2D eigenvalue weighted by atomic mass is 10.2. The predicted molar refractivity (Wildman–Crippen MR) is 79.8 cm³/mol. The maximum absolute atomic E-state index is 9.12. The monoisotopic (exact) mass is 280 g/mol. The van der Waals surface area contributed by atoms with Crippen LogP contribution < -0.4 is 0 Å². The SMILES string of the molecule is N#Cc1cccc2c1[nH]c(=S)n2CCc1ccccn1. The average molecular weight is 280 g/mol. The number of imidazole rings is 1. The summed E-state index contributed by atoms with van der Waals surface area (Å²) < 4.78 is 2.65. The minimum Gasteiger partial charge on any atom is -0.329 e. The van der Waals surface area contributed by atoms with Crippen LogP contribution in [0.25, 0.3) is 11.0 Å². The molecule has 2 heterocycles. The molecule has 0 saturated heterocycles. The van der Waals surface area contributed by atoms with E-state index in [0.717, 1.165) is 29.7 Å². The van der Waals surface area contributed by atoms with Crippen molar-refractivity contribution < 1.29 is 0 Å². The van der Waals surface area contributed by atoms with Crippen molar-refractivity contribution in [2.24, 2.45) is 0 Å². The van der Waals surface area contributed by atoms with Gasteiger partial charge in [-0.1, -0.05) is 12.1 Å². The number of para-hydroxylation sites is 1. The van der Waals surface area contributed by atoms with Crippen LogP contribution in [0.1, 0.15) is 11.3 Å². The van der Waals surface area contributed by atoms with E-state index in [2.05, 4.69) is 16.0 Å². The molecular formula is C15H12N4S. The third-order valence-electron chi connectivity index (χ3n) is 3.25. The number of nitrogens with zero attached hydrogens (tertiary/aromatic N) is 3. The Morgan fingerprint density at radius 1 is 1.25 bits per heavy atom. The van der Waals surface area contributed by atoms with Crippen LogP contribution in [-0.4, -0.2) is 14.5 Å². The van der Waals surface area contributed by atoms with Crippen molar-refractivity contribution in [1.82, 2.24) is 14.5 Å². The topological polar surface area (TPSA) is 57.4 Å². The average Bonchev–Trinajstić information content (AvgIpc) is 2.81. The molecule has 0 aliphatic heterocycles. The molecule has 0 aliphatic carbocycles. The van der Waals surface area contributed by atoms with Gasteiger partial charge in [0, 0.05) is 24.9 Å². The Labute approximate surface area is 121 Å². The highest BCUT2D eigenvalue weighted by Gasteiger charge is 2.08. The second-order valence-electron chi connectivity index (χ2n) is 4.46. The van der Waals surface area contributed by atoms with Crippen molar-refractivity contribution in [3.8, 4) is 6.07 Å². The fourth-order valence-electron chi connectivity index (χ4n) is 2.27. The van der Waals surface area contributed by atoms with E-state index in [9.17, 15) is 0 Å². The van der Waals surface area contributed by atoms with Crippen molar-refractivity contribution in [1.29, 1.82) is 5.26 Å². The molecule has 0 unspecified atom stereocenters. The van der Waals surface area contributed by atoms with Gasteiger partial charge in [0.05, 0.1) is 16.6 Å². The van der Waals surface area contributed by atoms with E-state index in [4.69, 9.17) is 17.5 Å². The molecule has 1 aromatic carbocycles. The molecular weight excluding hydrogens is 268 g/mol. The van der Waals surface area contributed by atoms with Gasteiger partial charge in [0.15, 0.2) is 4.77 Å². The van der Waals surface area contributed by atoms with Gasteiger partial charge in [-0.3, -0.25) is 4.98 Å². The third kappa shape index (κ3) is 2.22. The Morgan fingerprint density at radius 2 is 2.15 bits per heavy atom. The summed E-state index contributed by atoms with van der Waals surface area (Å²) in [5.41, 5.74) is 3.41. The van der Waals surface area contributed by atoms with E-state index >= 15 is 0 Å². The number of rotatable bonds is 3. The summed E-state index contributed by atoms with van der Waals surface area (Å²) in [6, 6.07) is 13.7. The highest BCUT2D eigenvalue weighted by Crippen LogP contribution is 2.18. The number of H-pyrrole nitrogens is 1. The first-order chi connectivity index (χ1) is 9.79. The Bertz CT molecular complexity index is 840. The van der Waals surface area contributed by atoms with Gasteiger partial charge in [0.1, 0.15) is 6.07 Å². The second kappa shape index (κ2) is 5.27. The fourth-order valence-corrected chi connectivity index (χ4v) is 2.56. The van der Waals surface area contributed by atoms with E-state index in [0.29, 0.717) is 10.3 Å². The standard InChI is InChI=1S/C15H12N4S/c16-10-11-4-3-6-13-14(11)18-15(20)19(13)9-7-12-5-1-2-8-17-12/h1-6,8H,7,9H2,(H,18,20). The summed E-state index contributed by atoms with van der Waals surface area (Å²) in [6.07, 6.45) is 2.59. The molecule has 0 saturated carbocycles. The van der Waals surface area contributed by atoms with Crippen LogP contribution in [0.2, 0.25) is 0 Å². The van der Waals surface area contributed by atoms with Crippen molar-refractivity contribution in [3.05, 3.63) is 58.6 Å². The maximum atomic E-state index is 9.12. The second-order valence-corrected chi connectivity index (χ2v) is 4.85. The van der Waals surface area contributed by atoms with Crippen LogP contribution >= 0.6 is 12.2 Å². The number of aromatic nitrogens is 3. The van der Waals surface area contributed by atoms with Crippen LogP contribution in [-0.2, 0) is 13.0 Å². The van der Waals surface area contributed by atoms with Crippen LogP contribution in [0, 0.1) is 16.1 Å². The van der Waals surface area contributed by atoms with Gasteiger partial charge >= 0.3 is 0 Å². The number of nitrogens with one attached hydrogen (secondary N) is 1. The first-order valence-corrected chi connectivity index (χ1v) is 6.72. The van der Waals surface area contributed by atoms with E-state index in [-0.39, 0.29) is 0 Å². The van der Waals surface area contributed by atoms with E-state index in [1.807, 2.05) is 34.9 Å². The quantitative estimate of drug-likeness (QED) is 0.749. The summed E-state index contributed by atoms with van der Waals surface area (Å²) in [6.45, 7) is 0.741. The number of hydrogen-bond donors (Lipinski definition) is 1. The molecule has 4 nitrogen and oxygen atoms in total. The summed E-state index contributed by atoms with van der Waals surface area (Å²) in [5.74, 6) is 0. The molecule has 0 atom stereocenters. The zero-order valence-electron chi connectivity index (χ0n) is 10.7. The minimum absolute atomic E-state index is 0.616. The van der Waals surface area contributed by atoms with Crippen LogP contribution in [0.5, 0.6) is 0 Å². The molecule has 0 aliphatic rings. The van der Waals surface area contributed by atoms with Crippen LogP contribution in [0.4, 0.5) is 0 Å². The summed E-state index contributed by atoms with van der Waals surface area (Å²) in [7, 11) is 0. The molecule has 3 rings (SSSR count). The lowest BCUT2D eigenvalue weighted by Crippen LogP contribution is -2.02. The highest BCUT2D eigenvalue weighted by molar-refractivity contribution is 7.71. The number of aromatic amines is 1. The Morgan fingerprint density at radius 3 is 2.90 bits per heavy atom. The van der Waals surface area contributed by atoms with Crippen molar-refractivity contribution in [2.45, 2.75) is 13.0 Å². The zero-order chi connectivity index (χ0) is 13.9. The number of aryl methyl sites for hydroxylation is 2. The van der Waals surface area contributed by atoms with Gasteiger partial charge in [-0.25, -0.2) is 0 Å². The lowest BCUT2D eigenvalue weighted by Gasteiger charge is -2.04. The zero-order valence-corrected chi connectivity index (χ0v) is 11.5. The molecule has 20 heavy (non-hydrogen) atoms. The van der Waals surface area contributed by atoms with E-state index in [1.165, 1.54) is 0 Å². The molecule has 0 bridgehead atoms. The van der Waals surface area contributed by atoms with Crippen molar-refractivity contribution >= 4 is 23.3 Å². The Kier molecular flexibility index (Phi) is 3.32. The normalized spacial score (nSPS) is 10.6. The first-order valence-electron chi connectivity index (χ1n) is 6.31. The lowest BCUT2D eigenvalue weighted by molar-refractivity contribution is 0.695. The fraction of sp³-hybridized carbons (Fsp3) is 0.133. The van der Waals surface area contributed by atoms with E-state index < -0.39 is 0 Å². The minimum atomic E-state index is 0.616. The van der Waals surface area contributed by atoms with Gasteiger partial charge in [0.2, 0.25) is 0 Å². The summed E-state index contributed by atoms with van der Waals surface area (Å²) in [5, 5.41) is 9.12. The van der Waals surface area contributed by atoms with Gasteiger partial charge in [-0.05, 0) is 36.5 Å². The Hall–Kier alpha value is -2.45. The molecule has 2 aromatic heterocycles. The molecule has 0 radical (unpaired) electrons. The van der Waals surface area contributed by atoms with E-state index in [1.54, 1.807) is 12.3 Å². The molecule has 5 heteroatoms. The number of benzene rings is 1. The van der Waals surface area contributed by atoms with Gasteiger partial charge < -0.3 is 9.55 Å². The summed E-state index contributed by atoms with van der Waals surface area (Å²) in [4.78, 5) is 7.43. The van der Waals surface area contributed by atoms with Crippen molar-refractivity contribution in [2.75, 3.05) is 0 Å². The molecule has 1 N–H and O–H groups in total. The van der Waals surface area contributed by atoms with Crippen LogP contribution in [0.3, 0.4) is 0 Å². The van der Waals surface area contributed by atoms with Gasteiger partial charge in [0.25, 0.3) is 0 Å². The molecule has 0 fully saturated rings. The first kappa shape index (κ1) is 12.6. The van der Waals surface area contributed by atoms with Crippen LogP contribution in [0.15, 0.2) is 42.6 Å². The largest absolute Gasteiger partial charge is 0.329 e. The molecule has 0 spiro atoms. The van der Waals surface area contributed by atoms with Gasteiger partial charge in [-0.15, -0.1) is 0 Å².